The Hall–Kier alpha value is -1.00. The van der Waals surface area contributed by atoms with Crippen LogP contribution >= 0.6 is 0 Å². The topological polar surface area (TPSA) is 21.6 Å². The van der Waals surface area contributed by atoms with E-state index < -0.39 is 6.36 Å². The first kappa shape index (κ1) is 9.09. The summed E-state index contributed by atoms with van der Waals surface area (Å²) in [6, 6.07) is 0. The molecule has 0 saturated heterocycles. The Morgan fingerprint density at radius 1 is 1.42 bits per heavy atom. The van der Waals surface area contributed by atoms with Gasteiger partial charge in [0.05, 0.1) is 6.20 Å². The van der Waals surface area contributed by atoms with E-state index in [2.05, 4.69) is 9.73 Å². The van der Waals surface area contributed by atoms with E-state index in [1.165, 1.54) is 0 Å². The van der Waals surface area contributed by atoms with Gasteiger partial charge in [0.15, 0.2) is 0 Å². The quantitative estimate of drug-likeness (QED) is 0.606. The maximum absolute atomic E-state index is 11.6. The number of aliphatic imine (C=N–C) groups is 1. The summed E-state index contributed by atoms with van der Waals surface area (Å²) in [6.45, 7) is 1.76. The molecular formula is C7H8F3NO. The molecule has 5 heteroatoms. The molecule has 0 unspecified atom stereocenters. The summed E-state index contributed by atoms with van der Waals surface area (Å²) in [7, 11) is 0. The minimum atomic E-state index is -4.59. The normalized spacial score (nSPS) is 18.3. The predicted molar refractivity (Wildman–Crippen MR) is 37.6 cm³/mol. The van der Waals surface area contributed by atoms with E-state index in [0.29, 0.717) is 6.42 Å². The third kappa shape index (κ3) is 2.94. The van der Waals surface area contributed by atoms with Crippen molar-refractivity contribution in [3.8, 4) is 0 Å². The lowest BCUT2D eigenvalue weighted by Gasteiger charge is -2.14. The van der Waals surface area contributed by atoms with Crippen molar-refractivity contribution < 1.29 is 17.9 Å². The fourth-order valence-electron chi connectivity index (χ4n) is 0.841. The largest absolute Gasteiger partial charge is 0.572 e. The summed E-state index contributed by atoms with van der Waals surface area (Å²) in [6.07, 6.45) is -2.67. The SMILES string of the molecule is CC1=NC=C(OC(F)(F)F)CC1. The zero-order valence-corrected chi connectivity index (χ0v) is 6.48. The molecule has 0 aliphatic carbocycles. The van der Waals surface area contributed by atoms with Crippen LogP contribution < -0.4 is 0 Å². The molecule has 1 rings (SSSR count). The first-order valence-corrected chi connectivity index (χ1v) is 3.45. The summed E-state index contributed by atoms with van der Waals surface area (Å²) in [5.74, 6) is -0.117. The third-order valence-electron chi connectivity index (χ3n) is 1.41. The van der Waals surface area contributed by atoms with Gasteiger partial charge in [0.2, 0.25) is 0 Å². The van der Waals surface area contributed by atoms with Gasteiger partial charge < -0.3 is 4.74 Å². The molecule has 0 aromatic carbocycles. The van der Waals surface area contributed by atoms with Gasteiger partial charge in [-0.25, -0.2) is 0 Å². The highest BCUT2D eigenvalue weighted by Gasteiger charge is 2.32. The number of allylic oxidation sites excluding steroid dienone is 1. The van der Waals surface area contributed by atoms with E-state index in [4.69, 9.17) is 0 Å². The molecule has 0 aromatic rings. The van der Waals surface area contributed by atoms with Crippen molar-refractivity contribution in [1.29, 1.82) is 0 Å². The number of hydrogen-bond donors (Lipinski definition) is 0. The van der Waals surface area contributed by atoms with Crippen LogP contribution in [-0.2, 0) is 4.74 Å². The van der Waals surface area contributed by atoms with Crippen molar-refractivity contribution in [2.24, 2.45) is 4.99 Å². The third-order valence-corrected chi connectivity index (χ3v) is 1.41. The molecule has 0 bridgehead atoms. The Kier molecular flexibility index (Phi) is 2.40. The van der Waals surface area contributed by atoms with Crippen LogP contribution in [0.1, 0.15) is 19.8 Å². The fourth-order valence-corrected chi connectivity index (χ4v) is 0.841. The highest BCUT2D eigenvalue weighted by Crippen LogP contribution is 2.24. The second-order valence-electron chi connectivity index (χ2n) is 2.51. The van der Waals surface area contributed by atoms with Crippen LogP contribution in [0.3, 0.4) is 0 Å². The Morgan fingerprint density at radius 3 is 2.50 bits per heavy atom. The molecule has 1 heterocycles. The van der Waals surface area contributed by atoms with Gasteiger partial charge in [0.25, 0.3) is 0 Å². The molecule has 0 amide bonds. The molecule has 0 saturated carbocycles. The average Bonchev–Trinajstić information content (AvgIpc) is 1.91. The molecule has 68 valence electrons. The van der Waals surface area contributed by atoms with Crippen LogP contribution in [0.15, 0.2) is 17.0 Å². The van der Waals surface area contributed by atoms with E-state index in [1.807, 2.05) is 0 Å². The van der Waals surface area contributed by atoms with Crippen LogP contribution in [-0.4, -0.2) is 12.1 Å². The number of rotatable bonds is 1. The molecular weight excluding hydrogens is 171 g/mol. The van der Waals surface area contributed by atoms with Crippen molar-refractivity contribution in [3.63, 3.8) is 0 Å². The van der Waals surface area contributed by atoms with Gasteiger partial charge in [0.1, 0.15) is 5.76 Å². The van der Waals surface area contributed by atoms with Crippen LogP contribution in [0.5, 0.6) is 0 Å². The lowest BCUT2D eigenvalue weighted by molar-refractivity contribution is -0.306. The second kappa shape index (κ2) is 3.16. The molecule has 0 radical (unpaired) electrons. The van der Waals surface area contributed by atoms with Gasteiger partial charge in [0, 0.05) is 12.1 Å². The minimum Gasteiger partial charge on any atom is -0.409 e. The first-order valence-electron chi connectivity index (χ1n) is 3.45. The highest BCUT2D eigenvalue weighted by atomic mass is 19.4. The molecule has 12 heavy (non-hydrogen) atoms. The summed E-state index contributed by atoms with van der Waals surface area (Å²) < 4.78 is 38.6. The molecule has 2 nitrogen and oxygen atoms in total. The van der Waals surface area contributed by atoms with Gasteiger partial charge in [-0.15, -0.1) is 13.2 Å². The van der Waals surface area contributed by atoms with E-state index >= 15 is 0 Å². The minimum absolute atomic E-state index is 0.117. The molecule has 1 aliphatic heterocycles. The van der Waals surface area contributed by atoms with Gasteiger partial charge >= 0.3 is 6.36 Å². The zero-order chi connectivity index (χ0) is 9.19. The Morgan fingerprint density at radius 2 is 2.08 bits per heavy atom. The van der Waals surface area contributed by atoms with Gasteiger partial charge in [-0.2, -0.15) is 0 Å². The predicted octanol–water partition coefficient (Wildman–Crippen LogP) is 2.62. The van der Waals surface area contributed by atoms with Crippen LogP contribution in [0.4, 0.5) is 13.2 Å². The van der Waals surface area contributed by atoms with Gasteiger partial charge in [-0.1, -0.05) is 0 Å². The van der Waals surface area contributed by atoms with Crippen molar-refractivity contribution in [1.82, 2.24) is 0 Å². The van der Waals surface area contributed by atoms with E-state index in [1.54, 1.807) is 6.92 Å². The number of alkyl halides is 3. The summed E-state index contributed by atoms with van der Waals surface area (Å²) in [5, 5.41) is 0. The van der Waals surface area contributed by atoms with Crippen LogP contribution in [0.25, 0.3) is 0 Å². The Labute approximate surface area is 67.7 Å². The molecule has 1 aliphatic rings. The Bertz CT molecular complexity index is 229. The van der Waals surface area contributed by atoms with E-state index in [0.717, 1.165) is 11.9 Å². The van der Waals surface area contributed by atoms with Crippen molar-refractivity contribution >= 4 is 5.71 Å². The maximum Gasteiger partial charge on any atom is 0.572 e. The number of hydrogen-bond acceptors (Lipinski definition) is 2. The van der Waals surface area contributed by atoms with Crippen LogP contribution in [0.2, 0.25) is 0 Å². The molecule has 0 spiro atoms. The number of ether oxygens (including phenoxy) is 1. The summed E-state index contributed by atoms with van der Waals surface area (Å²) in [4.78, 5) is 3.73. The lowest BCUT2D eigenvalue weighted by Crippen LogP contribution is -2.14. The van der Waals surface area contributed by atoms with Crippen molar-refractivity contribution in [2.75, 3.05) is 0 Å². The zero-order valence-electron chi connectivity index (χ0n) is 6.48. The average molecular weight is 179 g/mol. The van der Waals surface area contributed by atoms with Gasteiger partial charge in [-0.3, -0.25) is 4.99 Å². The monoisotopic (exact) mass is 179 g/mol. The molecule has 0 fully saturated rings. The smallest absolute Gasteiger partial charge is 0.409 e. The first-order chi connectivity index (χ1) is 5.47. The van der Waals surface area contributed by atoms with E-state index in [9.17, 15) is 13.2 Å². The van der Waals surface area contributed by atoms with Gasteiger partial charge in [-0.05, 0) is 13.3 Å². The fraction of sp³-hybridized carbons (Fsp3) is 0.571. The Balaban J connectivity index is 2.55. The number of halogens is 3. The number of nitrogens with zero attached hydrogens (tertiary/aromatic N) is 1. The lowest BCUT2D eigenvalue weighted by atomic mass is 10.2. The van der Waals surface area contributed by atoms with Crippen molar-refractivity contribution in [3.05, 3.63) is 12.0 Å². The van der Waals surface area contributed by atoms with E-state index in [-0.39, 0.29) is 12.2 Å². The second-order valence-corrected chi connectivity index (χ2v) is 2.51. The molecule has 0 N–H and O–H groups in total. The summed E-state index contributed by atoms with van der Waals surface area (Å²) in [5.41, 5.74) is 0.824. The molecule has 0 aromatic heterocycles. The van der Waals surface area contributed by atoms with Crippen molar-refractivity contribution in [2.45, 2.75) is 26.1 Å². The van der Waals surface area contributed by atoms with Crippen LogP contribution in [0, 0.1) is 0 Å². The molecule has 0 atom stereocenters. The standard InChI is InChI=1S/C7H8F3NO/c1-5-2-3-6(4-11-5)12-7(8,9)10/h4H,2-3H2,1H3. The maximum atomic E-state index is 11.6. The highest BCUT2D eigenvalue weighted by molar-refractivity contribution is 5.83. The summed E-state index contributed by atoms with van der Waals surface area (Å²) >= 11 is 0.